The maximum atomic E-state index is 5.87. The fourth-order valence-electron chi connectivity index (χ4n) is 5.76. The minimum absolute atomic E-state index is 0.162. The molecule has 0 aliphatic heterocycles. The van der Waals surface area contributed by atoms with Crippen molar-refractivity contribution in [3.05, 3.63) is 71.8 Å². The number of fused-ring (bicyclic) bond motifs is 4. The van der Waals surface area contributed by atoms with Crippen LogP contribution in [0.1, 0.15) is 69.4 Å². The number of nitrogens with zero attached hydrogens (tertiary/aromatic N) is 4. The summed E-state index contributed by atoms with van der Waals surface area (Å²) in [7, 11) is 0. The molecule has 0 fully saturated rings. The minimum Gasteiger partial charge on any atom is -0.338 e. The minimum atomic E-state index is 0.162. The second-order valence-electron chi connectivity index (χ2n) is 11.2. The highest BCUT2D eigenvalue weighted by Crippen LogP contribution is 2.37. The van der Waals surface area contributed by atoms with E-state index in [9.17, 15) is 0 Å². The molecule has 0 spiro atoms. The van der Waals surface area contributed by atoms with Crippen LogP contribution in [0.2, 0.25) is 0 Å². The Labute approximate surface area is 209 Å². The van der Waals surface area contributed by atoms with Crippen molar-refractivity contribution in [2.75, 3.05) is 13.1 Å². The van der Waals surface area contributed by atoms with E-state index in [0.717, 1.165) is 51.9 Å². The van der Waals surface area contributed by atoms with Crippen molar-refractivity contribution >= 4 is 21.8 Å². The Morgan fingerprint density at radius 3 is 2.69 bits per heavy atom. The van der Waals surface area contributed by atoms with E-state index in [2.05, 4.69) is 72.7 Å². The van der Waals surface area contributed by atoms with Crippen molar-refractivity contribution in [1.29, 1.82) is 0 Å². The van der Waals surface area contributed by atoms with E-state index in [1.807, 2.05) is 12.4 Å². The molecular formula is C30H39N5. The predicted octanol–water partition coefficient (Wildman–Crippen LogP) is 6.25. The first-order valence-electron chi connectivity index (χ1n) is 13.2. The summed E-state index contributed by atoms with van der Waals surface area (Å²) in [6, 6.07) is 15.7. The summed E-state index contributed by atoms with van der Waals surface area (Å²) in [6.45, 7) is 10.5. The van der Waals surface area contributed by atoms with Gasteiger partial charge in [-0.2, -0.15) is 0 Å². The molecule has 3 heterocycles. The Hall–Kier alpha value is -2.76. The van der Waals surface area contributed by atoms with Crippen LogP contribution in [0.15, 0.2) is 54.9 Å². The number of hydrogen-bond acceptors (Lipinski definition) is 4. The number of para-hydroxylation sites is 1. The molecule has 1 aromatic carbocycles. The summed E-state index contributed by atoms with van der Waals surface area (Å²) >= 11 is 0. The summed E-state index contributed by atoms with van der Waals surface area (Å²) < 4.78 is 2.51. The molecule has 2 N–H and O–H groups in total. The lowest BCUT2D eigenvalue weighted by atomic mass is 9.90. The second-order valence-corrected chi connectivity index (χ2v) is 11.2. The summed E-state index contributed by atoms with van der Waals surface area (Å²) in [5.41, 5.74) is 12.4. The lowest BCUT2D eigenvalue weighted by Crippen LogP contribution is -2.33. The molecule has 1 unspecified atom stereocenters. The summed E-state index contributed by atoms with van der Waals surface area (Å²) in [5, 5.41) is 2.62. The SMILES string of the molecule is CC(C)(C)Cn1c2ccccc2c2ccnc(CN(CCCCN)C3CCCc4cccnc43)c21. The number of unbranched alkanes of at least 4 members (excludes halogenated alkanes) is 1. The van der Waals surface area contributed by atoms with Crippen LogP contribution in [0.4, 0.5) is 0 Å². The van der Waals surface area contributed by atoms with E-state index in [4.69, 9.17) is 15.7 Å². The van der Waals surface area contributed by atoms with Gasteiger partial charge in [-0.25, -0.2) is 0 Å². The van der Waals surface area contributed by atoms with Crippen LogP contribution in [0.5, 0.6) is 0 Å². The van der Waals surface area contributed by atoms with Gasteiger partial charge >= 0.3 is 0 Å². The highest BCUT2D eigenvalue weighted by atomic mass is 15.2. The van der Waals surface area contributed by atoms with E-state index in [1.165, 1.54) is 45.2 Å². The Bertz CT molecular complexity index is 1300. The molecular weight excluding hydrogens is 430 g/mol. The summed E-state index contributed by atoms with van der Waals surface area (Å²) in [6.07, 6.45) is 9.57. The van der Waals surface area contributed by atoms with Gasteiger partial charge in [0, 0.05) is 41.8 Å². The molecule has 5 heteroatoms. The molecule has 1 aliphatic carbocycles. The number of hydrogen-bond donors (Lipinski definition) is 1. The normalized spacial score (nSPS) is 16.3. The van der Waals surface area contributed by atoms with Gasteiger partial charge < -0.3 is 10.3 Å². The van der Waals surface area contributed by atoms with Gasteiger partial charge in [-0.15, -0.1) is 0 Å². The van der Waals surface area contributed by atoms with Crippen molar-refractivity contribution in [1.82, 2.24) is 19.4 Å². The number of pyridine rings is 2. The number of benzene rings is 1. The third kappa shape index (κ3) is 4.98. The molecule has 1 atom stereocenters. The van der Waals surface area contributed by atoms with Gasteiger partial charge in [0.05, 0.1) is 22.9 Å². The summed E-state index contributed by atoms with van der Waals surface area (Å²) in [5.74, 6) is 0. The van der Waals surface area contributed by atoms with Crippen LogP contribution >= 0.6 is 0 Å². The van der Waals surface area contributed by atoms with Gasteiger partial charge in [0.25, 0.3) is 0 Å². The smallest absolute Gasteiger partial charge is 0.0786 e. The van der Waals surface area contributed by atoms with Crippen molar-refractivity contribution in [2.45, 2.75) is 72.0 Å². The van der Waals surface area contributed by atoms with Crippen molar-refractivity contribution in [3.63, 3.8) is 0 Å². The van der Waals surface area contributed by atoms with E-state index < -0.39 is 0 Å². The molecule has 1 aliphatic rings. The first kappa shape index (κ1) is 24.0. The van der Waals surface area contributed by atoms with E-state index in [-0.39, 0.29) is 5.41 Å². The van der Waals surface area contributed by atoms with E-state index in [0.29, 0.717) is 6.04 Å². The van der Waals surface area contributed by atoms with Crippen LogP contribution in [0.3, 0.4) is 0 Å². The zero-order chi connectivity index (χ0) is 24.4. The zero-order valence-corrected chi connectivity index (χ0v) is 21.5. The molecule has 0 saturated heterocycles. The third-order valence-electron chi connectivity index (χ3n) is 7.25. The lowest BCUT2D eigenvalue weighted by Gasteiger charge is -2.35. The Balaban J connectivity index is 1.60. The predicted molar refractivity (Wildman–Crippen MR) is 145 cm³/mol. The Morgan fingerprint density at radius 1 is 1.00 bits per heavy atom. The third-order valence-corrected chi connectivity index (χ3v) is 7.25. The van der Waals surface area contributed by atoms with Crippen LogP contribution in [-0.4, -0.2) is 32.5 Å². The van der Waals surface area contributed by atoms with Gasteiger partial charge in [0.1, 0.15) is 0 Å². The van der Waals surface area contributed by atoms with E-state index >= 15 is 0 Å². The average Bonchev–Trinajstić information content (AvgIpc) is 3.16. The quantitative estimate of drug-likeness (QED) is 0.310. The molecule has 0 amide bonds. The van der Waals surface area contributed by atoms with Gasteiger partial charge in [-0.1, -0.05) is 45.0 Å². The average molecular weight is 470 g/mol. The Kier molecular flexibility index (Phi) is 6.90. The van der Waals surface area contributed by atoms with Crippen molar-refractivity contribution < 1.29 is 0 Å². The number of rotatable bonds is 8. The van der Waals surface area contributed by atoms with Gasteiger partial charge in [-0.3, -0.25) is 14.9 Å². The van der Waals surface area contributed by atoms with Gasteiger partial charge in [0.2, 0.25) is 0 Å². The largest absolute Gasteiger partial charge is 0.338 e. The molecule has 4 aromatic rings. The fourth-order valence-corrected chi connectivity index (χ4v) is 5.76. The summed E-state index contributed by atoms with van der Waals surface area (Å²) in [4.78, 5) is 12.5. The number of nitrogens with two attached hydrogens (primary N) is 1. The molecule has 35 heavy (non-hydrogen) atoms. The van der Waals surface area contributed by atoms with Gasteiger partial charge in [0.15, 0.2) is 0 Å². The van der Waals surface area contributed by atoms with Crippen molar-refractivity contribution in [2.24, 2.45) is 11.1 Å². The number of aromatic nitrogens is 3. The first-order valence-corrected chi connectivity index (χ1v) is 13.2. The topological polar surface area (TPSA) is 60.0 Å². The Morgan fingerprint density at radius 2 is 1.86 bits per heavy atom. The molecule has 184 valence electrons. The molecule has 0 bridgehead atoms. The maximum Gasteiger partial charge on any atom is 0.0786 e. The molecule has 0 radical (unpaired) electrons. The molecule has 3 aromatic heterocycles. The van der Waals surface area contributed by atoms with Crippen LogP contribution in [0, 0.1) is 5.41 Å². The number of aryl methyl sites for hydroxylation is 1. The molecule has 5 rings (SSSR count). The van der Waals surface area contributed by atoms with Crippen LogP contribution < -0.4 is 5.73 Å². The van der Waals surface area contributed by atoms with Crippen LogP contribution in [-0.2, 0) is 19.5 Å². The monoisotopic (exact) mass is 469 g/mol. The highest BCUT2D eigenvalue weighted by molar-refractivity contribution is 6.08. The highest BCUT2D eigenvalue weighted by Gasteiger charge is 2.28. The first-order chi connectivity index (χ1) is 17.0. The standard InChI is InChI=1S/C30H39N5/c1-30(2,3)21-35-26-13-5-4-12-23(26)24-15-18-32-25(29(24)35)20-34(19-7-6-16-31)27-14-8-10-22-11-9-17-33-28(22)27/h4-5,9,11-13,15,17-18,27H,6-8,10,14,16,19-21,31H2,1-3H3. The molecule has 5 nitrogen and oxygen atoms in total. The van der Waals surface area contributed by atoms with E-state index in [1.54, 1.807) is 0 Å². The van der Waals surface area contributed by atoms with Crippen molar-refractivity contribution in [3.8, 4) is 0 Å². The second kappa shape index (κ2) is 10.1. The molecule has 0 saturated carbocycles. The zero-order valence-electron chi connectivity index (χ0n) is 21.5. The maximum absolute atomic E-state index is 5.87. The van der Waals surface area contributed by atoms with Gasteiger partial charge in [-0.05, 0) is 74.4 Å². The fraction of sp³-hybridized carbons (Fsp3) is 0.467. The lowest BCUT2D eigenvalue weighted by molar-refractivity contribution is 0.161. The van der Waals surface area contributed by atoms with Crippen LogP contribution in [0.25, 0.3) is 21.8 Å².